The molecule has 0 saturated carbocycles. The van der Waals surface area contributed by atoms with Gasteiger partial charge >= 0.3 is 0 Å². The van der Waals surface area contributed by atoms with Crippen LogP contribution in [0.4, 0.5) is 11.5 Å². The van der Waals surface area contributed by atoms with Gasteiger partial charge in [-0.3, -0.25) is 4.79 Å². The molecule has 3 rings (SSSR count). The summed E-state index contributed by atoms with van der Waals surface area (Å²) in [5.74, 6) is 1.22. The van der Waals surface area contributed by atoms with Gasteiger partial charge in [-0.05, 0) is 36.6 Å². The second-order valence-electron chi connectivity index (χ2n) is 6.70. The predicted molar refractivity (Wildman–Crippen MR) is 107 cm³/mol. The number of carbonyl (C=O) groups is 1. The van der Waals surface area contributed by atoms with Gasteiger partial charge in [0.25, 0.3) is 0 Å². The highest BCUT2D eigenvalue weighted by Gasteiger charge is 2.21. The molecule has 1 N–H and O–H groups in total. The van der Waals surface area contributed by atoms with Gasteiger partial charge in [0.1, 0.15) is 5.82 Å². The number of aromatic nitrogens is 1. The van der Waals surface area contributed by atoms with Crippen molar-refractivity contribution in [1.82, 2.24) is 9.88 Å². The van der Waals surface area contributed by atoms with Crippen molar-refractivity contribution in [1.29, 1.82) is 0 Å². The van der Waals surface area contributed by atoms with Crippen molar-refractivity contribution in [3.8, 4) is 0 Å². The molecule has 5 nitrogen and oxygen atoms in total. The third-order valence-electron chi connectivity index (χ3n) is 4.99. The lowest BCUT2D eigenvalue weighted by atomic mass is 10.1. The molecule has 1 saturated heterocycles. The van der Waals surface area contributed by atoms with Gasteiger partial charge in [-0.15, -0.1) is 0 Å². The molecule has 0 atom stereocenters. The molecule has 138 valence electrons. The van der Waals surface area contributed by atoms with Gasteiger partial charge in [0.15, 0.2) is 0 Å². The fourth-order valence-electron chi connectivity index (χ4n) is 3.45. The Bertz CT molecular complexity index is 724. The molecule has 0 unspecified atom stereocenters. The quantitative estimate of drug-likeness (QED) is 0.868. The first kappa shape index (κ1) is 18.2. The lowest BCUT2D eigenvalue weighted by Gasteiger charge is -2.35. The maximum atomic E-state index is 12.5. The van der Waals surface area contributed by atoms with Crippen LogP contribution in [0.1, 0.15) is 24.5 Å². The first-order valence-electron chi connectivity index (χ1n) is 9.45. The summed E-state index contributed by atoms with van der Waals surface area (Å²) in [6.45, 7) is 8.16. The van der Waals surface area contributed by atoms with E-state index in [4.69, 9.17) is 0 Å². The summed E-state index contributed by atoms with van der Waals surface area (Å²) in [4.78, 5) is 21.1. The number of rotatable bonds is 6. The van der Waals surface area contributed by atoms with E-state index >= 15 is 0 Å². The summed E-state index contributed by atoms with van der Waals surface area (Å²) >= 11 is 0. The first-order valence-corrected chi connectivity index (χ1v) is 9.45. The molecule has 0 aliphatic carbocycles. The fraction of sp³-hybridized carbons (Fsp3) is 0.429. The number of para-hydroxylation sites is 1. The van der Waals surface area contributed by atoms with Crippen molar-refractivity contribution in [2.45, 2.75) is 26.7 Å². The largest absolute Gasteiger partial charge is 0.384 e. The molecule has 1 fully saturated rings. The van der Waals surface area contributed by atoms with E-state index in [1.165, 1.54) is 16.8 Å². The summed E-state index contributed by atoms with van der Waals surface area (Å²) in [5, 5.41) is 3.47. The highest BCUT2D eigenvalue weighted by atomic mass is 16.2. The molecule has 1 aromatic carbocycles. The summed E-state index contributed by atoms with van der Waals surface area (Å²) in [6.07, 6.45) is 3.34. The van der Waals surface area contributed by atoms with Crippen LogP contribution in [0.25, 0.3) is 0 Å². The smallest absolute Gasteiger partial charge is 0.224 e. The van der Waals surface area contributed by atoms with E-state index in [1.807, 2.05) is 29.3 Å². The maximum Gasteiger partial charge on any atom is 0.224 e. The Morgan fingerprint density at radius 2 is 1.92 bits per heavy atom. The fourth-order valence-corrected chi connectivity index (χ4v) is 3.45. The van der Waals surface area contributed by atoms with Crippen LogP contribution in [-0.4, -0.2) is 48.5 Å². The molecule has 1 aliphatic rings. The second-order valence-corrected chi connectivity index (χ2v) is 6.70. The van der Waals surface area contributed by atoms with Crippen LogP contribution in [0.3, 0.4) is 0 Å². The normalized spacial score (nSPS) is 14.4. The number of pyridine rings is 1. The third-order valence-corrected chi connectivity index (χ3v) is 4.99. The molecule has 26 heavy (non-hydrogen) atoms. The van der Waals surface area contributed by atoms with E-state index in [9.17, 15) is 4.79 Å². The lowest BCUT2D eigenvalue weighted by Crippen LogP contribution is -2.49. The minimum absolute atomic E-state index is 0.227. The van der Waals surface area contributed by atoms with Gasteiger partial charge in [0.05, 0.1) is 0 Å². The van der Waals surface area contributed by atoms with Crippen molar-refractivity contribution in [2.24, 2.45) is 0 Å². The number of carbonyl (C=O) groups excluding carboxylic acids is 1. The summed E-state index contributed by atoms with van der Waals surface area (Å²) < 4.78 is 0. The Morgan fingerprint density at radius 1 is 1.12 bits per heavy atom. The van der Waals surface area contributed by atoms with Crippen molar-refractivity contribution < 1.29 is 4.79 Å². The lowest BCUT2D eigenvalue weighted by molar-refractivity contribution is -0.131. The zero-order chi connectivity index (χ0) is 18.4. The number of anilines is 2. The predicted octanol–water partition coefficient (Wildman–Crippen LogP) is 3.10. The van der Waals surface area contributed by atoms with E-state index in [2.05, 4.69) is 47.2 Å². The second kappa shape index (κ2) is 8.70. The minimum Gasteiger partial charge on any atom is -0.384 e. The van der Waals surface area contributed by atoms with E-state index in [0.29, 0.717) is 13.0 Å². The molecule has 0 radical (unpaired) electrons. The summed E-state index contributed by atoms with van der Waals surface area (Å²) in [5.41, 5.74) is 3.73. The monoisotopic (exact) mass is 352 g/mol. The van der Waals surface area contributed by atoms with E-state index in [0.717, 1.165) is 38.4 Å². The van der Waals surface area contributed by atoms with Crippen LogP contribution in [0.15, 0.2) is 42.6 Å². The number of benzene rings is 1. The van der Waals surface area contributed by atoms with E-state index in [1.54, 1.807) is 0 Å². The molecule has 5 heteroatoms. The van der Waals surface area contributed by atoms with Gasteiger partial charge < -0.3 is 15.1 Å². The summed E-state index contributed by atoms with van der Waals surface area (Å²) in [7, 11) is 0. The van der Waals surface area contributed by atoms with Crippen LogP contribution in [0.2, 0.25) is 0 Å². The summed E-state index contributed by atoms with van der Waals surface area (Å²) in [6, 6.07) is 12.3. The van der Waals surface area contributed by atoms with Crippen LogP contribution < -0.4 is 10.2 Å². The number of hydrogen-bond donors (Lipinski definition) is 1. The molecular formula is C21H28N4O. The van der Waals surface area contributed by atoms with Gasteiger partial charge in [-0.25, -0.2) is 4.98 Å². The van der Waals surface area contributed by atoms with Gasteiger partial charge in [-0.1, -0.05) is 31.2 Å². The Hall–Kier alpha value is -2.56. The zero-order valence-corrected chi connectivity index (χ0v) is 15.7. The maximum absolute atomic E-state index is 12.5. The Morgan fingerprint density at radius 3 is 2.62 bits per heavy atom. The van der Waals surface area contributed by atoms with Crippen LogP contribution in [-0.2, 0) is 11.2 Å². The molecule has 2 heterocycles. The number of amides is 1. The zero-order valence-electron chi connectivity index (χ0n) is 15.7. The topological polar surface area (TPSA) is 48.5 Å². The van der Waals surface area contributed by atoms with Gasteiger partial charge in [0, 0.05) is 51.0 Å². The number of nitrogens with zero attached hydrogens (tertiary/aromatic N) is 3. The molecule has 0 bridgehead atoms. The molecule has 1 aliphatic heterocycles. The molecule has 1 aromatic heterocycles. The van der Waals surface area contributed by atoms with Crippen molar-refractivity contribution >= 4 is 17.4 Å². The minimum atomic E-state index is 0.227. The van der Waals surface area contributed by atoms with E-state index < -0.39 is 0 Å². The highest BCUT2D eigenvalue weighted by molar-refractivity contribution is 5.77. The van der Waals surface area contributed by atoms with Crippen LogP contribution in [0.5, 0.6) is 0 Å². The van der Waals surface area contributed by atoms with Gasteiger partial charge in [0.2, 0.25) is 5.91 Å². The average molecular weight is 352 g/mol. The van der Waals surface area contributed by atoms with Crippen LogP contribution >= 0.6 is 0 Å². The van der Waals surface area contributed by atoms with Crippen LogP contribution in [0, 0.1) is 6.92 Å². The Kier molecular flexibility index (Phi) is 6.10. The highest BCUT2D eigenvalue weighted by Crippen LogP contribution is 2.21. The average Bonchev–Trinajstić information content (AvgIpc) is 2.69. The standard InChI is InChI=1S/C21H28N4O/c1-3-18-8-6-7-17(2)21(18)23-12-10-20(26)25-15-13-24(14-16-25)19-9-4-5-11-22-19/h4-9,11,23H,3,10,12-16H2,1-2H3. The third kappa shape index (κ3) is 4.34. The molecular weight excluding hydrogens is 324 g/mol. The SMILES string of the molecule is CCc1cccc(C)c1NCCC(=O)N1CCN(c2ccccn2)CC1. The Balaban J connectivity index is 1.47. The van der Waals surface area contributed by atoms with E-state index in [-0.39, 0.29) is 5.91 Å². The first-order chi connectivity index (χ1) is 12.7. The molecule has 1 amide bonds. The van der Waals surface area contributed by atoms with Crippen molar-refractivity contribution in [2.75, 3.05) is 42.9 Å². The Labute approximate surface area is 156 Å². The number of aryl methyl sites for hydroxylation is 2. The molecule has 0 spiro atoms. The van der Waals surface area contributed by atoms with Crippen molar-refractivity contribution in [3.63, 3.8) is 0 Å². The van der Waals surface area contributed by atoms with Gasteiger partial charge in [-0.2, -0.15) is 0 Å². The number of nitrogens with one attached hydrogen (secondary N) is 1. The molecule has 2 aromatic rings. The number of hydrogen-bond acceptors (Lipinski definition) is 4. The number of piperazine rings is 1. The van der Waals surface area contributed by atoms with Crippen molar-refractivity contribution in [3.05, 3.63) is 53.7 Å².